The maximum atomic E-state index is 10.7. The summed E-state index contributed by atoms with van der Waals surface area (Å²) in [6.45, 7) is 0.727. The summed E-state index contributed by atoms with van der Waals surface area (Å²) in [5, 5.41) is 10.7. The van der Waals surface area contributed by atoms with Crippen molar-refractivity contribution in [2.45, 2.75) is 12.3 Å². The number of fused-ring (bicyclic) bond motifs is 1. The molecule has 0 aliphatic carbocycles. The van der Waals surface area contributed by atoms with E-state index in [9.17, 15) is 10.1 Å². The van der Waals surface area contributed by atoms with Gasteiger partial charge in [0.2, 0.25) is 6.79 Å². The Hall–Kier alpha value is -2.60. The Morgan fingerprint density at radius 3 is 2.55 bits per heavy atom. The van der Waals surface area contributed by atoms with Gasteiger partial charge in [0.05, 0.1) is 4.92 Å². The van der Waals surface area contributed by atoms with Crippen molar-refractivity contribution in [3.63, 3.8) is 0 Å². The van der Waals surface area contributed by atoms with Gasteiger partial charge in [-0.15, -0.1) is 0 Å². The van der Waals surface area contributed by atoms with Crippen LogP contribution in [0.4, 0.5) is 5.69 Å². The van der Waals surface area contributed by atoms with Gasteiger partial charge in [-0.25, -0.2) is 0 Å². The highest BCUT2D eigenvalue weighted by Crippen LogP contribution is 2.35. The zero-order chi connectivity index (χ0) is 15.5. The van der Waals surface area contributed by atoms with Crippen molar-refractivity contribution in [1.29, 1.82) is 0 Å². The Bertz CT molecular complexity index is 685. The molecule has 0 fully saturated rings. The lowest BCUT2D eigenvalue weighted by Crippen LogP contribution is -2.15. The van der Waals surface area contributed by atoms with Gasteiger partial charge in [-0.1, -0.05) is 18.2 Å². The van der Waals surface area contributed by atoms with Crippen molar-refractivity contribution in [2.24, 2.45) is 5.73 Å². The molecule has 0 radical (unpaired) electrons. The molecule has 22 heavy (non-hydrogen) atoms. The third-order valence-electron chi connectivity index (χ3n) is 3.78. The van der Waals surface area contributed by atoms with Gasteiger partial charge in [0.25, 0.3) is 5.69 Å². The second-order valence-corrected chi connectivity index (χ2v) is 5.17. The molecular weight excluding hydrogens is 284 g/mol. The predicted molar refractivity (Wildman–Crippen MR) is 81.2 cm³/mol. The molecule has 0 aromatic heterocycles. The minimum absolute atomic E-state index is 0.0936. The summed E-state index contributed by atoms with van der Waals surface area (Å²) >= 11 is 0. The number of nitrogens with two attached hydrogens (primary N) is 1. The van der Waals surface area contributed by atoms with Crippen molar-refractivity contribution in [3.8, 4) is 11.5 Å². The highest BCUT2D eigenvalue weighted by molar-refractivity contribution is 5.46. The van der Waals surface area contributed by atoms with E-state index in [0.717, 1.165) is 22.6 Å². The Balaban J connectivity index is 1.78. The number of benzene rings is 2. The molecule has 0 spiro atoms. The predicted octanol–water partition coefficient (Wildman–Crippen LogP) is 2.61. The molecule has 0 bridgehead atoms. The van der Waals surface area contributed by atoms with Gasteiger partial charge in [0.1, 0.15) is 0 Å². The lowest BCUT2D eigenvalue weighted by atomic mass is 9.92. The number of ether oxygens (including phenoxy) is 2. The number of nitrogens with zero attached hydrogens (tertiary/aromatic N) is 1. The molecule has 6 nitrogen and oxygen atoms in total. The Morgan fingerprint density at radius 2 is 1.86 bits per heavy atom. The number of non-ortho nitro benzene ring substituents is 1. The van der Waals surface area contributed by atoms with E-state index < -0.39 is 4.92 Å². The zero-order valence-electron chi connectivity index (χ0n) is 11.9. The second-order valence-electron chi connectivity index (χ2n) is 5.17. The molecule has 2 aromatic carbocycles. The van der Waals surface area contributed by atoms with Crippen LogP contribution in [-0.2, 0) is 6.42 Å². The van der Waals surface area contributed by atoms with E-state index in [0.29, 0.717) is 13.0 Å². The second kappa shape index (κ2) is 6.03. The summed E-state index contributed by atoms with van der Waals surface area (Å²) in [5.74, 6) is 1.60. The van der Waals surface area contributed by atoms with Crippen LogP contribution < -0.4 is 15.2 Å². The first-order valence-corrected chi connectivity index (χ1v) is 7.00. The zero-order valence-corrected chi connectivity index (χ0v) is 11.9. The molecule has 114 valence electrons. The van der Waals surface area contributed by atoms with Crippen LogP contribution in [0.2, 0.25) is 0 Å². The van der Waals surface area contributed by atoms with Crippen LogP contribution >= 0.6 is 0 Å². The minimum Gasteiger partial charge on any atom is -0.454 e. The van der Waals surface area contributed by atoms with E-state index >= 15 is 0 Å². The van der Waals surface area contributed by atoms with Gasteiger partial charge in [-0.3, -0.25) is 10.1 Å². The Labute approximate surface area is 127 Å². The number of nitro groups is 1. The van der Waals surface area contributed by atoms with Crippen LogP contribution in [0.15, 0.2) is 42.5 Å². The van der Waals surface area contributed by atoms with Crippen molar-refractivity contribution < 1.29 is 14.4 Å². The summed E-state index contributed by atoms with van der Waals surface area (Å²) in [5.41, 5.74) is 8.08. The summed E-state index contributed by atoms with van der Waals surface area (Å²) < 4.78 is 10.7. The molecule has 0 saturated heterocycles. The topological polar surface area (TPSA) is 87.6 Å². The molecule has 3 rings (SSSR count). The summed E-state index contributed by atoms with van der Waals surface area (Å²) in [6.07, 6.45) is 0.716. The first kappa shape index (κ1) is 14.3. The average Bonchev–Trinajstić information content (AvgIpc) is 3.00. The van der Waals surface area contributed by atoms with E-state index in [1.165, 1.54) is 12.1 Å². The minimum atomic E-state index is -0.401. The molecule has 0 saturated carbocycles. The lowest BCUT2D eigenvalue weighted by molar-refractivity contribution is -0.384. The molecule has 2 aromatic rings. The third kappa shape index (κ3) is 2.87. The highest BCUT2D eigenvalue weighted by atomic mass is 16.7. The Morgan fingerprint density at radius 1 is 1.14 bits per heavy atom. The van der Waals surface area contributed by atoms with Crippen molar-refractivity contribution >= 4 is 5.69 Å². The van der Waals surface area contributed by atoms with E-state index in [4.69, 9.17) is 15.2 Å². The number of nitro benzene ring substituents is 1. The van der Waals surface area contributed by atoms with Crippen LogP contribution in [-0.4, -0.2) is 18.3 Å². The van der Waals surface area contributed by atoms with Gasteiger partial charge < -0.3 is 15.2 Å². The fourth-order valence-electron chi connectivity index (χ4n) is 2.54. The van der Waals surface area contributed by atoms with Crippen molar-refractivity contribution in [3.05, 3.63) is 63.7 Å². The lowest BCUT2D eigenvalue weighted by Gasteiger charge is -2.15. The standard InChI is InChI=1S/C16H16N2O4/c17-9-13(7-11-1-4-14(5-2-11)18(19)20)12-3-6-15-16(8-12)22-10-21-15/h1-6,8,13H,7,9-10,17H2. The molecule has 1 unspecified atom stereocenters. The molecule has 1 aliphatic rings. The average molecular weight is 300 g/mol. The first-order valence-electron chi connectivity index (χ1n) is 7.00. The smallest absolute Gasteiger partial charge is 0.269 e. The molecule has 1 atom stereocenters. The van der Waals surface area contributed by atoms with Crippen LogP contribution in [0.25, 0.3) is 0 Å². The highest BCUT2D eigenvalue weighted by Gasteiger charge is 2.18. The van der Waals surface area contributed by atoms with Crippen molar-refractivity contribution in [2.75, 3.05) is 13.3 Å². The summed E-state index contributed by atoms with van der Waals surface area (Å²) in [6, 6.07) is 12.4. The fraction of sp³-hybridized carbons (Fsp3) is 0.250. The van der Waals surface area contributed by atoms with Gasteiger partial charge >= 0.3 is 0 Å². The Kier molecular flexibility index (Phi) is 3.93. The third-order valence-corrected chi connectivity index (χ3v) is 3.78. The largest absolute Gasteiger partial charge is 0.454 e. The maximum Gasteiger partial charge on any atom is 0.269 e. The molecule has 0 amide bonds. The maximum absolute atomic E-state index is 10.7. The summed E-state index contributed by atoms with van der Waals surface area (Å²) in [4.78, 5) is 10.3. The van der Waals surface area contributed by atoms with Gasteiger partial charge in [0, 0.05) is 18.1 Å². The van der Waals surface area contributed by atoms with Crippen LogP contribution in [0, 0.1) is 10.1 Å². The van der Waals surface area contributed by atoms with Crippen molar-refractivity contribution in [1.82, 2.24) is 0 Å². The van der Waals surface area contributed by atoms with Gasteiger partial charge in [-0.05, 0) is 36.2 Å². The SMILES string of the molecule is NCC(Cc1ccc([N+](=O)[O-])cc1)c1ccc2c(c1)OCO2. The van der Waals surface area contributed by atoms with Crippen LogP contribution in [0.1, 0.15) is 17.0 Å². The summed E-state index contributed by atoms with van der Waals surface area (Å²) in [7, 11) is 0. The normalized spacial score (nSPS) is 13.9. The molecule has 1 heterocycles. The van der Waals surface area contributed by atoms with E-state index in [1.54, 1.807) is 12.1 Å². The molecule has 1 aliphatic heterocycles. The number of rotatable bonds is 5. The quantitative estimate of drug-likeness (QED) is 0.677. The monoisotopic (exact) mass is 300 g/mol. The first-order chi connectivity index (χ1) is 10.7. The number of hydrogen-bond acceptors (Lipinski definition) is 5. The van der Waals surface area contributed by atoms with Crippen LogP contribution in [0.5, 0.6) is 11.5 Å². The van der Waals surface area contributed by atoms with Gasteiger partial charge in [0.15, 0.2) is 11.5 Å². The van der Waals surface area contributed by atoms with E-state index in [1.807, 2.05) is 18.2 Å². The van der Waals surface area contributed by atoms with Gasteiger partial charge in [-0.2, -0.15) is 0 Å². The van der Waals surface area contributed by atoms with E-state index in [2.05, 4.69) is 0 Å². The molecule has 2 N–H and O–H groups in total. The molecular formula is C16H16N2O4. The van der Waals surface area contributed by atoms with E-state index in [-0.39, 0.29) is 18.4 Å². The fourth-order valence-corrected chi connectivity index (χ4v) is 2.54. The van der Waals surface area contributed by atoms with Crippen LogP contribution in [0.3, 0.4) is 0 Å². The molecule has 6 heteroatoms. The number of hydrogen-bond donors (Lipinski definition) is 1.